The Morgan fingerprint density at radius 2 is 2.36 bits per heavy atom. The number of hydrogen-bond donors (Lipinski definition) is 0. The van der Waals surface area contributed by atoms with E-state index in [2.05, 4.69) is 15.9 Å². The van der Waals surface area contributed by atoms with Crippen LogP contribution in [0, 0.1) is 5.41 Å². The molecule has 2 fully saturated rings. The summed E-state index contributed by atoms with van der Waals surface area (Å²) in [5, 5.41) is 1.02. The average Bonchev–Trinajstić information content (AvgIpc) is 2.48. The smallest absolute Gasteiger partial charge is 0.0684 e. The zero-order valence-corrected chi connectivity index (χ0v) is 8.10. The summed E-state index contributed by atoms with van der Waals surface area (Å²) in [7, 11) is 0. The van der Waals surface area contributed by atoms with Gasteiger partial charge in [0.1, 0.15) is 0 Å². The van der Waals surface area contributed by atoms with Gasteiger partial charge in [-0.05, 0) is 12.8 Å². The van der Waals surface area contributed by atoms with E-state index in [0.717, 1.165) is 38.0 Å². The van der Waals surface area contributed by atoms with Crippen LogP contribution < -0.4 is 0 Å². The summed E-state index contributed by atoms with van der Waals surface area (Å²) in [5.74, 6) is 0. The number of hydrogen-bond acceptors (Lipinski definition) is 2. The van der Waals surface area contributed by atoms with E-state index in [9.17, 15) is 0 Å². The van der Waals surface area contributed by atoms with Crippen LogP contribution in [0.15, 0.2) is 0 Å². The van der Waals surface area contributed by atoms with E-state index in [1.165, 1.54) is 0 Å². The summed E-state index contributed by atoms with van der Waals surface area (Å²) in [6.07, 6.45) is 2.68. The molecule has 2 saturated heterocycles. The SMILES string of the molecule is BrC[C@@]12CCO[C@H]1CCOC2. The highest BCUT2D eigenvalue weighted by molar-refractivity contribution is 9.09. The first-order valence-corrected chi connectivity index (χ1v) is 5.25. The third kappa shape index (κ3) is 1.23. The van der Waals surface area contributed by atoms with Crippen LogP contribution in [0.25, 0.3) is 0 Å². The van der Waals surface area contributed by atoms with Gasteiger partial charge in [-0.15, -0.1) is 0 Å². The van der Waals surface area contributed by atoms with E-state index in [1.54, 1.807) is 0 Å². The third-order valence-electron chi connectivity index (χ3n) is 2.78. The second-order valence-corrected chi connectivity index (χ2v) is 4.01. The highest BCUT2D eigenvalue weighted by Gasteiger charge is 2.45. The fourth-order valence-corrected chi connectivity index (χ4v) is 2.76. The number of rotatable bonds is 1. The van der Waals surface area contributed by atoms with Crippen LogP contribution in [0.2, 0.25) is 0 Å². The van der Waals surface area contributed by atoms with Crippen molar-refractivity contribution in [1.29, 1.82) is 0 Å². The van der Waals surface area contributed by atoms with Crippen LogP contribution >= 0.6 is 15.9 Å². The zero-order valence-electron chi connectivity index (χ0n) is 6.51. The summed E-state index contributed by atoms with van der Waals surface area (Å²) >= 11 is 3.55. The molecule has 64 valence electrons. The molecule has 0 aromatic carbocycles. The van der Waals surface area contributed by atoms with Gasteiger partial charge in [0.25, 0.3) is 0 Å². The Hall–Kier alpha value is 0.400. The molecule has 0 bridgehead atoms. The maximum absolute atomic E-state index is 5.64. The molecule has 11 heavy (non-hydrogen) atoms. The molecule has 2 atom stereocenters. The Kier molecular flexibility index (Phi) is 2.21. The van der Waals surface area contributed by atoms with Crippen LogP contribution in [0.5, 0.6) is 0 Å². The summed E-state index contributed by atoms with van der Waals surface area (Å²) in [5.41, 5.74) is 0.304. The number of halogens is 1. The van der Waals surface area contributed by atoms with Gasteiger partial charge in [-0.3, -0.25) is 0 Å². The standard InChI is InChI=1S/C8H13BrO2/c9-5-8-2-4-11-7(8)1-3-10-6-8/h7H,1-6H2/t7-,8+/m0/s1. The quantitative estimate of drug-likeness (QED) is 0.626. The lowest BCUT2D eigenvalue weighted by Crippen LogP contribution is -2.42. The van der Waals surface area contributed by atoms with Gasteiger partial charge in [-0.25, -0.2) is 0 Å². The first-order valence-electron chi connectivity index (χ1n) is 4.13. The van der Waals surface area contributed by atoms with Crippen molar-refractivity contribution in [3.63, 3.8) is 0 Å². The fourth-order valence-electron chi connectivity index (χ4n) is 1.95. The maximum atomic E-state index is 5.64. The highest BCUT2D eigenvalue weighted by atomic mass is 79.9. The molecule has 0 unspecified atom stereocenters. The van der Waals surface area contributed by atoms with Gasteiger partial charge < -0.3 is 9.47 Å². The fraction of sp³-hybridized carbons (Fsp3) is 1.00. The van der Waals surface area contributed by atoms with E-state index in [4.69, 9.17) is 9.47 Å². The van der Waals surface area contributed by atoms with Crippen molar-refractivity contribution in [3.05, 3.63) is 0 Å². The molecule has 0 aliphatic carbocycles. The lowest BCUT2D eigenvalue weighted by atomic mass is 9.81. The van der Waals surface area contributed by atoms with Crippen LogP contribution in [-0.4, -0.2) is 31.3 Å². The van der Waals surface area contributed by atoms with Gasteiger partial charge in [0.15, 0.2) is 0 Å². The van der Waals surface area contributed by atoms with Crippen LogP contribution in [0.4, 0.5) is 0 Å². The van der Waals surface area contributed by atoms with Gasteiger partial charge in [-0.1, -0.05) is 15.9 Å². The number of ether oxygens (including phenoxy) is 2. The second kappa shape index (κ2) is 3.04. The normalized spacial score (nSPS) is 43.9. The van der Waals surface area contributed by atoms with E-state index < -0.39 is 0 Å². The van der Waals surface area contributed by atoms with Gasteiger partial charge in [0, 0.05) is 24.0 Å². The van der Waals surface area contributed by atoms with Crippen molar-refractivity contribution < 1.29 is 9.47 Å². The molecule has 0 N–H and O–H groups in total. The minimum Gasteiger partial charge on any atom is -0.381 e. The topological polar surface area (TPSA) is 18.5 Å². The van der Waals surface area contributed by atoms with Crippen LogP contribution in [0.3, 0.4) is 0 Å². The van der Waals surface area contributed by atoms with Crippen molar-refractivity contribution in [1.82, 2.24) is 0 Å². The van der Waals surface area contributed by atoms with E-state index >= 15 is 0 Å². The van der Waals surface area contributed by atoms with Gasteiger partial charge in [0.2, 0.25) is 0 Å². The van der Waals surface area contributed by atoms with E-state index in [0.29, 0.717) is 11.5 Å². The third-order valence-corrected chi connectivity index (χ3v) is 3.90. The molecular weight excluding hydrogens is 208 g/mol. The molecule has 2 aliphatic heterocycles. The Labute approximate surface area is 75.4 Å². The minimum absolute atomic E-state index is 0.304. The lowest BCUT2D eigenvalue weighted by molar-refractivity contribution is -0.0613. The Bertz CT molecular complexity index is 151. The molecule has 0 radical (unpaired) electrons. The molecule has 2 aliphatic rings. The molecule has 0 saturated carbocycles. The minimum atomic E-state index is 0.304. The molecule has 2 heterocycles. The molecule has 3 heteroatoms. The van der Waals surface area contributed by atoms with E-state index in [1.807, 2.05) is 0 Å². The second-order valence-electron chi connectivity index (χ2n) is 3.45. The van der Waals surface area contributed by atoms with Crippen LogP contribution in [-0.2, 0) is 9.47 Å². The first-order chi connectivity index (χ1) is 5.37. The molecule has 2 rings (SSSR count). The summed E-state index contributed by atoms with van der Waals surface area (Å²) in [4.78, 5) is 0. The summed E-state index contributed by atoms with van der Waals surface area (Å²) in [6, 6.07) is 0. The molecule has 0 aromatic rings. The van der Waals surface area contributed by atoms with Gasteiger partial charge in [-0.2, -0.15) is 0 Å². The maximum Gasteiger partial charge on any atom is 0.0684 e. The van der Waals surface area contributed by atoms with Crippen molar-refractivity contribution in [2.45, 2.75) is 18.9 Å². The van der Waals surface area contributed by atoms with E-state index in [-0.39, 0.29) is 0 Å². The summed E-state index contributed by atoms with van der Waals surface area (Å²) in [6.45, 7) is 2.67. The molecule has 0 spiro atoms. The predicted octanol–water partition coefficient (Wildman–Crippen LogP) is 1.58. The van der Waals surface area contributed by atoms with Crippen molar-refractivity contribution in [2.75, 3.05) is 25.2 Å². The number of alkyl halides is 1. The highest BCUT2D eigenvalue weighted by Crippen LogP contribution is 2.41. The Morgan fingerprint density at radius 3 is 3.09 bits per heavy atom. The number of fused-ring (bicyclic) bond motifs is 1. The molecule has 2 nitrogen and oxygen atoms in total. The lowest BCUT2D eigenvalue weighted by Gasteiger charge is -2.36. The van der Waals surface area contributed by atoms with Crippen molar-refractivity contribution >= 4 is 15.9 Å². The molecule has 0 amide bonds. The first kappa shape index (κ1) is 8.02. The Morgan fingerprint density at radius 1 is 1.45 bits per heavy atom. The Balaban J connectivity index is 2.12. The zero-order chi connectivity index (χ0) is 7.73. The molecule has 0 aromatic heterocycles. The largest absolute Gasteiger partial charge is 0.381 e. The van der Waals surface area contributed by atoms with Crippen molar-refractivity contribution in [3.8, 4) is 0 Å². The average molecular weight is 221 g/mol. The summed E-state index contributed by atoms with van der Waals surface area (Å²) < 4.78 is 11.1. The molecular formula is C8H13BrO2. The predicted molar refractivity (Wildman–Crippen MR) is 46.0 cm³/mol. The van der Waals surface area contributed by atoms with Crippen LogP contribution in [0.1, 0.15) is 12.8 Å². The monoisotopic (exact) mass is 220 g/mol. The van der Waals surface area contributed by atoms with Crippen molar-refractivity contribution in [2.24, 2.45) is 5.41 Å². The van der Waals surface area contributed by atoms with Gasteiger partial charge in [0.05, 0.1) is 12.7 Å². The van der Waals surface area contributed by atoms with Gasteiger partial charge >= 0.3 is 0 Å².